The van der Waals surface area contributed by atoms with Gasteiger partial charge >= 0.3 is 5.97 Å². The number of nitrogens with zero attached hydrogens (tertiary/aromatic N) is 1. The molecule has 0 amide bonds. The van der Waals surface area contributed by atoms with Gasteiger partial charge in [-0.05, 0) is 6.54 Å². The highest BCUT2D eigenvalue weighted by molar-refractivity contribution is 5.73. The van der Waals surface area contributed by atoms with Crippen molar-refractivity contribution >= 4 is 5.97 Å². The summed E-state index contributed by atoms with van der Waals surface area (Å²) in [6.45, 7) is 3.08. The summed E-state index contributed by atoms with van der Waals surface area (Å²) in [7, 11) is 0. The second-order valence-electron chi connectivity index (χ2n) is 2.83. The highest BCUT2D eigenvalue weighted by Gasteiger charge is 2.34. The predicted molar refractivity (Wildman–Crippen MR) is 39.3 cm³/mol. The average molecular weight is 159 g/mol. The molecule has 4 nitrogen and oxygen atoms in total. The maximum Gasteiger partial charge on any atom is 0.321 e. The van der Waals surface area contributed by atoms with Crippen molar-refractivity contribution in [3.8, 4) is 0 Å². The molecule has 1 heterocycles. The first-order valence-corrected chi connectivity index (χ1v) is 3.80. The van der Waals surface area contributed by atoms with E-state index in [1.54, 1.807) is 4.90 Å². The van der Waals surface area contributed by atoms with Gasteiger partial charge in [-0.3, -0.25) is 9.69 Å². The van der Waals surface area contributed by atoms with Gasteiger partial charge in [0.2, 0.25) is 0 Å². The first kappa shape index (κ1) is 8.49. The summed E-state index contributed by atoms with van der Waals surface area (Å²) in [5, 5.41) is 17.8. The molecule has 0 aromatic carbocycles. The van der Waals surface area contributed by atoms with E-state index in [1.807, 2.05) is 6.92 Å². The molecule has 1 fully saturated rings. The molecule has 4 heteroatoms. The third kappa shape index (κ3) is 1.70. The number of aliphatic hydroxyl groups excluding tert-OH is 1. The maximum absolute atomic E-state index is 10.6. The van der Waals surface area contributed by atoms with Gasteiger partial charge in [-0.2, -0.15) is 0 Å². The zero-order chi connectivity index (χ0) is 8.43. The van der Waals surface area contributed by atoms with Crippen LogP contribution in [-0.2, 0) is 4.79 Å². The van der Waals surface area contributed by atoms with Crippen LogP contribution in [0.2, 0.25) is 0 Å². The quantitative estimate of drug-likeness (QED) is 0.571. The zero-order valence-electron chi connectivity index (χ0n) is 6.53. The van der Waals surface area contributed by atoms with Crippen molar-refractivity contribution in [1.29, 1.82) is 0 Å². The molecule has 64 valence electrons. The number of carbonyl (C=O) groups is 1. The van der Waals surface area contributed by atoms with Crippen molar-refractivity contribution < 1.29 is 15.0 Å². The summed E-state index contributed by atoms with van der Waals surface area (Å²) in [6, 6.07) is -0.477. The topological polar surface area (TPSA) is 60.8 Å². The summed E-state index contributed by atoms with van der Waals surface area (Å²) in [6.07, 6.45) is -0.0977. The van der Waals surface area contributed by atoms with Crippen LogP contribution in [0.5, 0.6) is 0 Å². The molecule has 1 aliphatic heterocycles. The molecule has 0 aromatic heterocycles. The van der Waals surface area contributed by atoms with Crippen molar-refractivity contribution in [3.63, 3.8) is 0 Å². The van der Waals surface area contributed by atoms with Gasteiger partial charge in [0.15, 0.2) is 0 Å². The number of β-amino-alcohol motifs (C(OH)–C–C–N with tert-alkyl or cyclic N) is 1. The molecule has 0 radical (unpaired) electrons. The van der Waals surface area contributed by atoms with Crippen molar-refractivity contribution in [2.75, 3.05) is 13.1 Å². The van der Waals surface area contributed by atoms with Crippen LogP contribution >= 0.6 is 0 Å². The van der Waals surface area contributed by atoms with Gasteiger partial charge < -0.3 is 10.2 Å². The van der Waals surface area contributed by atoms with Crippen LogP contribution in [0.1, 0.15) is 13.3 Å². The minimum Gasteiger partial charge on any atom is -0.480 e. The molecule has 1 saturated heterocycles. The zero-order valence-corrected chi connectivity index (χ0v) is 6.53. The number of aliphatic hydroxyl groups is 1. The summed E-state index contributed by atoms with van der Waals surface area (Å²) in [4.78, 5) is 12.3. The second-order valence-corrected chi connectivity index (χ2v) is 2.83. The predicted octanol–water partition coefficient (Wildman–Crippen LogP) is -0.474. The number of likely N-dealkylation sites (N-methyl/N-ethyl adjacent to an activating group) is 1. The van der Waals surface area contributed by atoms with Gasteiger partial charge in [0.25, 0.3) is 0 Å². The first-order chi connectivity index (χ1) is 5.15. The first-order valence-electron chi connectivity index (χ1n) is 3.80. The lowest BCUT2D eigenvalue weighted by Crippen LogP contribution is -2.35. The van der Waals surface area contributed by atoms with Crippen molar-refractivity contribution in [3.05, 3.63) is 0 Å². The fourth-order valence-corrected chi connectivity index (χ4v) is 1.49. The van der Waals surface area contributed by atoms with E-state index < -0.39 is 18.1 Å². The molecule has 1 aliphatic rings. The molecule has 0 spiro atoms. The number of rotatable bonds is 2. The van der Waals surface area contributed by atoms with Crippen LogP contribution in [0.3, 0.4) is 0 Å². The number of hydrogen-bond acceptors (Lipinski definition) is 3. The van der Waals surface area contributed by atoms with E-state index in [2.05, 4.69) is 0 Å². The summed E-state index contributed by atoms with van der Waals surface area (Å²) in [5.74, 6) is -0.830. The number of likely N-dealkylation sites (tertiary alicyclic amines) is 1. The van der Waals surface area contributed by atoms with E-state index in [1.165, 1.54) is 0 Å². The van der Waals surface area contributed by atoms with Crippen LogP contribution in [0, 0.1) is 0 Å². The van der Waals surface area contributed by atoms with Gasteiger partial charge in [0.1, 0.15) is 6.04 Å². The van der Waals surface area contributed by atoms with Crippen LogP contribution in [0.15, 0.2) is 0 Å². The minimum absolute atomic E-state index is 0.364. The molecule has 2 N–H and O–H groups in total. The third-order valence-corrected chi connectivity index (χ3v) is 2.07. The van der Waals surface area contributed by atoms with Crippen LogP contribution in [0.25, 0.3) is 0 Å². The second kappa shape index (κ2) is 3.19. The number of carboxylic acids is 1. The third-order valence-electron chi connectivity index (χ3n) is 2.07. The molecule has 0 bridgehead atoms. The monoisotopic (exact) mass is 159 g/mol. The van der Waals surface area contributed by atoms with Crippen LogP contribution in [0.4, 0.5) is 0 Å². The molecule has 11 heavy (non-hydrogen) atoms. The fourth-order valence-electron chi connectivity index (χ4n) is 1.49. The van der Waals surface area contributed by atoms with Gasteiger partial charge in [0.05, 0.1) is 6.10 Å². The maximum atomic E-state index is 10.6. The molecule has 0 aliphatic carbocycles. The van der Waals surface area contributed by atoms with Crippen molar-refractivity contribution in [1.82, 2.24) is 4.90 Å². The summed E-state index contributed by atoms with van der Waals surface area (Å²) in [5.41, 5.74) is 0. The SMILES string of the molecule is CCN1CC(O)CC1C(=O)O. The Labute approximate surface area is 65.4 Å². The average Bonchev–Trinajstić information content (AvgIpc) is 2.30. The Hall–Kier alpha value is -0.610. The molecule has 0 saturated carbocycles. The Morgan fingerprint density at radius 2 is 2.36 bits per heavy atom. The smallest absolute Gasteiger partial charge is 0.321 e. The number of aliphatic carboxylic acids is 1. The molecular weight excluding hydrogens is 146 g/mol. The lowest BCUT2D eigenvalue weighted by Gasteiger charge is -2.17. The lowest BCUT2D eigenvalue weighted by atomic mass is 10.2. The Balaban J connectivity index is 2.57. The normalized spacial score (nSPS) is 32.5. The lowest BCUT2D eigenvalue weighted by molar-refractivity contribution is -0.142. The summed E-state index contributed by atoms with van der Waals surface area (Å²) >= 11 is 0. The van der Waals surface area contributed by atoms with E-state index in [9.17, 15) is 4.79 Å². The standard InChI is InChI=1S/C7H13NO3/c1-2-8-4-5(9)3-6(8)7(10)11/h5-6,9H,2-4H2,1H3,(H,10,11). The Morgan fingerprint density at radius 3 is 2.73 bits per heavy atom. The van der Waals surface area contributed by atoms with E-state index in [4.69, 9.17) is 10.2 Å². The molecule has 2 unspecified atom stereocenters. The molecule has 2 atom stereocenters. The van der Waals surface area contributed by atoms with Crippen LogP contribution < -0.4 is 0 Å². The van der Waals surface area contributed by atoms with Crippen molar-refractivity contribution in [2.24, 2.45) is 0 Å². The summed E-state index contributed by atoms with van der Waals surface area (Å²) < 4.78 is 0. The highest BCUT2D eigenvalue weighted by atomic mass is 16.4. The van der Waals surface area contributed by atoms with E-state index in [0.717, 1.165) is 0 Å². The van der Waals surface area contributed by atoms with Gasteiger partial charge in [-0.25, -0.2) is 0 Å². The minimum atomic E-state index is -0.830. The molecule has 1 rings (SSSR count). The number of carboxylic acid groups (broad SMARTS) is 1. The van der Waals surface area contributed by atoms with Gasteiger partial charge in [-0.15, -0.1) is 0 Å². The van der Waals surface area contributed by atoms with E-state index >= 15 is 0 Å². The Bertz CT molecular complexity index is 160. The van der Waals surface area contributed by atoms with Crippen molar-refractivity contribution in [2.45, 2.75) is 25.5 Å². The highest BCUT2D eigenvalue weighted by Crippen LogP contribution is 2.16. The number of hydrogen-bond donors (Lipinski definition) is 2. The van der Waals surface area contributed by atoms with Gasteiger partial charge in [0, 0.05) is 13.0 Å². The largest absolute Gasteiger partial charge is 0.480 e. The Kier molecular flexibility index (Phi) is 2.46. The van der Waals surface area contributed by atoms with Gasteiger partial charge in [-0.1, -0.05) is 6.92 Å². The molecular formula is C7H13NO3. The van der Waals surface area contributed by atoms with E-state index in [-0.39, 0.29) is 0 Å². The van der Waals surface area contributed by atoms with Crippen LogP contribution in [-0.4, -0.2) is 46.3 Å². The Morgan fingerprint density at radius 1 is 1.73 bits per heavy atom. The molecule has 0 aromatic rings. The fraction of sp³-hybridized carbons (Fsp3) is 0.857. The van der Waals surface area contributed by atoms with E-state index in [0.29, 0.717) is 19.5 Å².